The van der Waals surface area contributed by atoms with Crippen molar-refractivity contribution >= 4 is 23.2 Å². The molecule has 0 unspecified atom stereocenters. The van der Waals surface area contributed by atoms with Crippen molar-refractivity contribution < 1.29 is 4.74 Å². The van der Waals surface area contributed by atoms with Gasteiger partial charge < -0.3 is 15.8 Å². The lowest BCUT2D eigenvalue weighted by Gasteiger charge is -2.20. The van der Waals surface area contributed by atoms with Crippen molar-refractivity contribution in [3.8, 4) is 5.75 Å². The lowest BCUT2D eigenvalue weighted by atomic mass is 10.0. The van der Waals surface area contributed by atoms with Gasteiger partial charge >= 0.3 is 0 Å². The van der Waals surface area contributed by atoms with Gasteiger partial charge in [-0.05, 0) is 31.1 Å². The van der Waals surface area contributed by atoms with E-state index in [1.165, 1.54) is 0 Å². The predicted octanol–water partition coefficient (Wildman–Crippen LogP) is 3.56. The van der Waals surface area contributed by atoms with Crippen LogP contribution in [0.2, 0.25) is 10.0 Å². The van der Waals surface area contributed by atoms with E-state index in [-0.39, 0.29) is 6.10 Å². The van der Waals surface area contributed by atoms with Crippen molar-refractivity contribution in [3.63, 3.8) is 0 Å². The molecule has 1 aliphatic rings. The molecule has 2 atom stereocenters. The maximum absolute atomic E-state index is 5.98. The third kappa shape index (κ3) is 3.95. The van der Waals surface area contributed by atoms with Gasteiger partial charge in [-0.15, -0.1) is 0 Å². The molecule has 5 heteroatoms. The van der Waals surface area contributed by atoms with Crippen molar-refractivity contribution in [2.75, 3.05) is 6.54 Å². The molecule has 0 bridgehead atoms. The first kappa shape index (κ1) is 14.4. The molecule has 3 nitrogen and oxygen atoms in total. The molecule has 1 aromatic rings. The third-order valence-corrected chi connectivity index (χ3v) is 3.94. The summed E-state index contributed by atoms with van der Waals surface area (Å²) in [7, 11) is 0. The van der Waals surface area contributed by atoms with Crippen molar-refractivity contribution in [1.29, 1.82) is 0 Å². The SMILES string of the molecule is CC[C@@H](C[C@H]1C=C(N)NC1)Oc1ccc(Cl)c(Cl)c1. The molecular formula is C14H18Cl2N2O. The van der Waals surface area contributed by atoms with Crippen molar-refractivity contribution in [3.05, 3.63) is 40.1 Å². The Bertz CT molecular complexity index is 477. The minimum Gasteiger partial charge on any atom is -0.490 e. The molecule has 0 spiro atoms. The van der Waals surface area contributed by atoms with Crippen LogP contribution in [0.15, 0.2) is 30.1 Å². The Morgan fingerprint density at radius 2 is 2.21 bits per heavy atom. The molecule has 2 rings (SSSR count). The van der Waals surface area contributed by atoms with Crippen LogP contribution in [-0.4, -0.2) is 12.6 Å². The highest BCUT2D eigenvalue weighted by molar-refractivity contribution is 6.42. The molecule has 0 amide bonds. The molecule has 19 heavy (non-hydrogen) atoms. The number of benzene rings is 1. The smallest absolute Gasteiger partial charge is 0.121 e. The molecule has 1 aromatic carbocycles. The highest BCUT2D eigenvalue weighted by Gasteiger charge is 2.19. The molecule has 0 radical (unpaired) electrons. The van der Waals surface area contributed by atoms with Gasteiger partial charge in [-0.1, -0.05) is 30.1 Å². The van der Waals surface area contributed by atoms with Crippen molar-refractivity contribution in [2.24, 2.45) is 11.7 Å². The number of hydrogen-bond donors (Lipinski definition) is 2. The van der Waals surface area contributed by atoms with E-state index >= 15 is 0 Å². The maximum Gasteiger partial charge on any atom is 0.121 e. The summed E-state index contributed by atoms with van der Waals surface area (Å²) in [6.07, 6.45) is 4.07. The van der Waals surface area contributed by atoms with E-state index in [1.54, 1.807) is 12.1 Å². The molecule has 0 saturated heterocycles. The summed E-state index contributed by atoms with van der Waals surface area (Å²) in [4.78, 5) is 0. The number of hydrogen-bond acceptors (Lipinski definition) is 3. The first-order valence-electron chi connectivity index (χ1n) is 6.41. The van der Waals surface area contributed by atoms with E-state index in [9.17, 15) is 0 Å². The van der Waals surface area contributed by atoms with Gasteiger partial charge in [0.15, 0.2) is 0 Å². The second kappa shape index (κ2) is 6.40. The van der Waals surface area contributed by atoms with Gasteiger partial charge in [0.1, 0.15) is 5.75 Å². The number of nitrogens with one attached hydrogen (secondary N) is 1. The van der Waals surface area contributed by atoms with Crippen molar-refractivity contribution in [2.45, 2.75) is 25.9 Å². The molecule has 1 heterocycles. The lowest BCUT2D eigenvalue weighted by Crippen LogP contribution is -2.22. The summed E-state index contributed by atoms with van der Waals surface area (Å²) < 4.78 is 5.96. The monoisotopic (exact) mass is 300 g/mol. The van der Waals surface area contributed by atoms with Gasteiger partial charge in [-0.3, -0.25) is 0 Å². The summed E-state index contributed by atoms with van der Waals surface area (Å²) in [5.74, 6) is 1.94. The maximum atomic E-state index is 5.98. The fourth-order valence-corrected chi connectivity index (χ4v) is 2.44. The van der Waals surface area contributed by atoms with E-state index in [2.05, 4.69) is 18.3 Å². The van der Waals surface area contributed by atoms with E-state index in [4.69, 9.17) is 33.7 Å². The summed E-state index contributed by atoms with van der Waals surface area (Å²) in [6, 6.07) is 5.35. The minimum atomic E-state index is 0.145. The molecule has 104 valence electrons. The van der Waals surface area contributed by atoms with E-state index < -0.39 is 0 Å². The quantitative estimate of drug-likeness (QED) is 0.874. The van der Waals surface area contributed by atoms with Crippen LogP contribution in [0.1, 0.15) is 19.8 Å². The molecule has 3 N–H and O–H groups in total. The first-order valence-corrected chi connectivity index (χ1v) is 7.17. The zero-order chi connectivity index (χ0) is 13.8. The Labute approximate surface area is 123 Å². The number of halogens is 2. The summed E-state index contributed by atoms with van der Waals surface area (Å²) in [5, 5.41) is 4.18. The fourth-order valence-electron chi connectivity index (χ4n) is 2.15. The average molecular weight is 301 g/mol. The van der Waals surface area contributed by atoms with Crippen LogP contribution in [-0.2, 0) is 0 Å². The molecule has 0 aromatic heterocycles. The number of rotatable bonds is 5. The Morgan fingerprint density at radius 1 is 1.42 bits per heavy atom. The van der Waals surface area contributed by atoms with Crippen LogP contribution in [0.3, 0.4) is 0 Å². The van der Waals surface area contributed by atoms with Gasteiger partial charge in [-0.2, -0.15) is 0 Å². The van der Waals surface area contributed by atoms with Crippen molar-refractivity contribution in [1.82, 2.24) is 5.32 Å². The number of nitrogens with two attached hydrogens (primary N) is 1. The van der Waals surface area contributed by atoms with Crippen LogP contribution in [0.25, 0.3) is 0 Å². The second-order valence-electron chi connectivity index (χ2n) is 4.72. The summed E-state index contributed by atoms with van der Waals surface area (Å²) >= 11 is 11.9. The molecule has 0 fully saturated rings. The largest absolute Gasteiger partial charge is 0.490 e. The topological polar surface area (TPSA) is 47.3 Å². The molecule has 0 saturated carbocycles. The predicted molar refractivity (Wildman–Crippen MR) is 79.5 cm³/mol. The molecule has 0 aliphatic carbocycles. The van der Waals surface area contributed by atoms with Crippen LogP contribution < -0.4 is 15.8 Å². The van der Waals surface area contributed by atoms with E-state index in [0.29, 0.717) is 16.0 Å². The van der Waals surface area contributed by atoms with Gasteiger partial charge in [0.05, 0.1) is 22.0 Å². The van der Waals surface area contributed by atoms with E-state index in [0.717, 1.165) is 31.0 Å². The fraction of sp³-hybridized carbons (Fsp3) is 0.429. The van der Waals surface area contributed by atoms with E-state index in [1.807, 2.05) is 6.07 Å². The summed E-state index contributed by atoms with van der Waals surface area (Å²) in [6.45, 7) is 2.99. The van der Waals surface area contributed by atoms with Gasteiger partial charge in [0.2, 0.25) is 0 Å². The van der Waals surface area contributed by atoms with Gasteiger partial charge in [-0.25, -0.2) is 0 Å². The Hall–Kier alpha value is -1.06. The third-order valence-electron chi connectivity index (χ3n) is 3.20. The second-order valence-corrected chi connectivity index (χ2v) is 5.54. The summed E-state index contributed by atoms with van der Waals surface area (Å²) in [5.41, 5.74) is 5.71. The van der Waals surface area contributed by atoms with Crippen LogP contribution in [0.5, 0.6) is 5.75 Å². The number of ether oxygens (including phenoxy) is 1. The van der Waals surface area contributed by atoms with Gasteiger partial charge in [0, 0.05) is 18.5 Å². The van der Waals surface area contributed by atoms with Crippen LogP contribution in [0, 0.1) is 5.92 Å². The normalized spacial score (nSPS) is 19.7. The van der Waals surface area contributed by atoms with Crippen LogP contribution >= 0.6 is 23.2 Å². The minimum absolute atomic E-state index is 0.145. The Kier molecular flexibility index (Phi) is 4.83. The highest BCUT2D eigenvalue weighted by Crippen LogP contribution is 2.28. The Balaban J connectivity index is 1.96. The molecule has 1 aliphatic heterocycles. The zero-order valence-electron chi connectivity index (χ0n) is 10.8. The Morgan fingerprint density at radius 3 is 2.79 bits per heavy atom. The highest BCUT2D eigenvalue weighted by atomic mass is 35.5. The lowest BCUT2D eigenvalue weighted by molar-refractivity contribution is 0.173. The first-order chi connectivity index (χ1) is 9.08. The zero-order valence-corrected chi connectivity index (χ0v) is 12.3. The van der Waals surface area contributed by atoms with Crippen LogP contribution in [0.4, 0.5) is 0 Å². The standard InChI is InChI=1S/C14H18Cl2N2O/c1-2-10(5-9-6-14(17)18-8-9)19-11-3-4-12(15)13(16)7-11/h3-4,6-7,9-10,18H,2,5,8,17H2,1H3/t9-,10-/m0/s1. The van der Waals surface area contributed by atoms with Gasteiger partial charge in [0.25, 0.3) is 0 Å². The average Bonchev–Trinajstić information content (AvgIpc) is 2.78. The molecular weight excluding hydrogens is 283 g/mol.